The number of hydrogen-bond donors (Lipinski definition) is 0. The van der Waals surface area contributed by atoms with E-state index < -0.39 is 8.80 Å². The van der Waals surface area contributed by atoms with Gasteiger partial charge in [-0.1, -0.05) is 97.2 Å². The molecular formula is C25H25Si. The Labute approximate surface area is 158 Å². The van der Waals surface area contributed by atoms with Gasteiger partial charge in [0, 0.05) is 0 Å². The van der Waals surface area contributed by atoms with Crippen LogP contribution in [0.3, 0.4) is 0 Å². The van der Waals surface area contributed by atoms with Gasteiger partial charge in [0.2, 0.25) is 0 Å². The van der Waals surface area contributed by atoms with E-state index in [9.17, 15) is 0 Å². The van der Waals surface area contributed by atoms with E-state index in [0.29, 0.717) is 0 Å². The van der Waals surface area contributed by atoms with Crippen LogP contribution in [0.25, 0.3) is 5.20 Å². The second-order valence-corrected chi connectivity index (χ2v) is 10.1. The molecule has 0 nitrogen and oxygen atoms in total. The van der Waals surface area contributed by atoms with Crippen LogP contribution in [0.1, 0.15) is 33.4 Å². The predicted octanol–water partition coefficient (Wildman–Crippen LogP) is 6.33. The zero-order valence-corrected chi connectivity index (χ0v) is 17.0. The summed E-state index contributed by atoms with van der Waals surface area (Å²) in [4.78, 5) is 0. The third-order valence-corrected chi connectivity index (χ3v) is 7.17. The molecular weight excluding hydrogens is 328 g/mol. The van der Waals surface area contributed by atoms with Crippen molar-refractivity contribution < 1.29 is 0 Å². The Hall–Kier alpha value is -2.38. The van der Waals surface area contributed by atoms with Crippen LogP contribution in [-0.4, -0.2) is 8.80 Å². The van der Waals surface area contributed by atoms with Crippen LogP contribution in [0.15, 0.2) is 78.9 Å². The van der Waals surface area contributed by atoms with E-state index >= 15 is 0 Å². The molecule has 0 bridgehead atoms. The zero-order valence-electron chi connectivity index (χ0n) is 16.0. The molecule has 3 aromatic rings. The van der Waals surface area contributed by atoms with Crippen molar-refractivity contribution >= 4 is 14.0 Å². The van der Waals surface area contributed by atoms with Gasteiger partial charge in [0.15, 0.2) is 0 Å². The fourth-order valence-electron chi connectivity index (χ4n) is 4.47. The lowest BCUT2D eigenvalue weighted by Crippen LogP contribution is -2.27. The summed E-state index contributed by atoms with van der Waals surface area (Å²) in [5.74, 6) is 0. The molecule has 0 amide bonds. The van der Waals surface area contributed by atoms with Gasteiger partial charge >= 0.3 is 0 Å². The Morgan fingerprint density at radius 1 is 0.615 bits per heavy atom. The zero-order chi connectivity index (χ0) is 18.3. The Bertz CT molecular complexity index is 949. The minimum atomic E-state index is -0.573. The van der Waals surface area contributed by atoms with Crippen molar-refractivity contribution in [2.75, 3.05) is 0 Å². The molecule has 129 valence electrons. The molecule has 0 spiro atoms. The SMILES string of the molecule is Cc1ccccc1C1(c2ccccc2C)C=C([Si](C)C)c2ccccc21. The van der Waals surface area contributed by atoms with Gasteiger partial charge in [0.1, 0.15) is 0 Å². The lowest BCUT2D eigenvalue weighted by Gasteiger charge is -2.33. The molecule has 3 aromatic carbocycles. The first-order valence-electron chi connectivity index (χ1n) is 9.31. The molecule has 1 aliphatic carbocycles. The molecule has 0 saturated heterocycles. The van der Waals surface area contributed by atoms with Crippen LogP contribution in [-0.2, 0) is 5.41 Å². The minimum Gasteiger partial charge on any atom is -0.0671 e. The number of rotatable bonds is 3. The van der Waals surface area contributed by atoms with Crippen LogP contribution in [0.5, 0.6) is 0 Å². The van der Waals surface area contributed by atoms with Gasteiger partial charge in [-0.05, 0) is 47.2 Å². The van der Waals surface area contributed by atoms with Gasteiger partial charge in [-0.15, -0.1) is 0 Å². The van der Waals surface area contributed by atoms with Crippen molar-refractivity contribution in [3.63, 3.8) is 0 Å². The van der Waals surface area contributed by atoms with Gasteiger partial charge in [0.05, 0.1) is 14.2 Å². The molecule has 0 fully saturated rings. The summed E-state index contributed by atoms with van der Waals surface area (Å²) in [5.41, 5.74) is 8.20. The van der Waals surface area contributed by atoms with E-state index in [0.717, 1.165) is 0 Å². The van der Waals surface area contributed by atoms with Crippen LogP contribution in [0.2, 0.25) is 13.1 Å². The summed E-state index contributed by atoms with van der Waals surface area (Å²) in [6.07, 6.45) is 2.58. The molecule has 0 N–H and O–H groups in total. The van der Waals surface area contributed by atoms with Crippen molar-refractivity contribution in [3.05, 3.63) is 112 Å². The number of aryl methyl sites for hydroxylation is 2. The Balaban J connectivity index is 2.16. The molecule has 0 saturated carbocycles. The lowest BCUT2D eigenvalue weighted by molar-refractivity contribution is 0.778. The smallest absolute Gasteiger partial charge is 0.0671 e. The number of benzene rings is 3. The lowest BCUT2D eigenvalue weighted by atomic mass is 9.68. The average molecular weight is 354 g/mol. The maximum Gasteiger partial charge on any atom is 0.0796 e. The molecule has 4 rings (SSSR count). The minimum absolute atomic E-state index is 0.190. The topological polar surface area (TPSA) is 0 Å². The number of allylic oxidation sites excluding steroid dienone is 1. The Kier molecular flexibility index (Phi) is 4.20. The highest BCUT2D eigenvalue weighted by atomic mass is 28.3. The van der Waals surface area contributed by atoms with Gasteiger partial charge in [-0.3, -0.25) is 0 Å². The summed E-state index contributed by atoms with van der Waals surface area (Å²) in [6.45, 7) is 9.29. The second-order valence-electron chi connectivity index (χ2n) is 7.54. The van der Waals surface area contributed by atoms with Crippen LogP contribution >= 0.6 is 0 Å². The quantitative estimate of drug-likeness (QED) is 0.483. The summed E-state index contributed by atoms with van der Waals surface area (Å²) in [7, 11) is -0.573. The highest BCUT2D eigenvalue weighted by Gasteiger charge is 2.43. The highest BCUT2D eigenvalue weighted by molar-refractivity contribution is 6.77. The standard InChI is InChI=1S/C25H25Si/c1-18-11-5-8-14-21(18)25(22-15-9-6-12-19(22)2)17-24(26(3)4)20-13-7-10-16-23(20)25/h5-17H,1-4H3. The third-order valence-electron chi connectivity index (χ3n) is 5.68. The summed E-state index contributed by atoms with van der Waals surface area (Å²) >= 11 is 0. The van der Waals surface area contributed by atoms with Crippen LogP contribution in [0.4, 0.5) is 0 Å². The molecule has 0 aromatic heterocycles. The van der Waals surface area contributed by atoms with Gasteiger partial charge in [-0.2, -0.15) is 0 Å². The molecule has 0 atom stereocenters. The van der Waals surface area contributed by atoms with E-state index in [4.69, 9.17) is 0 Å². The maximum absolute atomic E-state index is 2.58. The molecule has 1 heteroatoms. The second kappa shape index (κ2) is 6.41. The summed E-state index contributed by atoms with van der Waals surface area (Å²) in [6, 6.07) is 26.8. The summed E-state index contributed by atoms with van der Waals surface area (Å²) in [5, 5.41) is 1.55. The van der Waals surface area contributed by atoms with Crippen molar-refractivity contribution in [1.29, 1.82) is 0 Å². The highest BCUT2D eigenvalue weighted by Crippen LogP contribution is 2.51. The van der Waals surface area contributed by atoms with Crippen LogP contribution < -0.4 is 0 Å². The van der Waals surface area contributed by atoms with Crippen LogP contribution in [0, 0.1) is 13.8 Å². The van der Waals surface area contributed by atoms with E-state index in [1.165, 1.54) is 33.4 Å². The third kappa shape index (κ3) is 2.42. The van der Waals surface area contributed by atoms with Crippen molar-refractivity contribution in [3.8, 4) is 0 Å². The normalized spacial score (nSPS) is 15.0. The predicted molar refractivity (Wildman–Crippen MR) is 114 cm³/mol. The molecule has 0 unspecified atom stereocenters. The fourth-order valence-corrected chi connectivity index (χ4v) is 5.73. The fraction of sp³-hybridized carbons (Fsp3) is 0.200. The molecule has 1 radical (unpaired) electrons. The number of fused-ring (bicyclic) bond motifs is 1. The van der Waals surface area contributed by atoms with Gasteiger partial charge in [0.25, 0.3) is 0 Å². The Morgan fingerprint density at radius 3 is 1.58 bits per heavy atom. The molecule has 0 heterocycles. The first-order valence-corrected chi connectivity index (χ1v) is 11.8. The Morgan fingerprint density at radius 2 is 1.08 bits per heavy atom. The largest absolute Gasteiger partial charge is 0.0796 e. The summed E-state index contributed by atoms with van der Waals surface area (Å²) < 4.78 is 0. The van der Waals surface area contributed by atoms with E-state index in [2.05, 4.69) is 106 Å². The molecule has 26 heavy (non-hydrogen) atoms. The average Bonchev–Trinajstić information content (AvgIpc) is 2.99. The van der Waals surface area contributed by atoms with E-state index in [1.807, 2.05) is 0 Å². The number of hydrogen-bond acceptors (Lipinski definition) is 0. The first kappa shape index (κ1) is 17.1. The first-order chi connectivity index (χ1) is 12.6. The maximum atomic E-state index is 2.58. The molecule has 0 aliphatic heterocycles. The van der Waals surface area contributed by atoms with Crippen molar-refractivity contribution in [2.45, 2.75) is 32.4 Å². The van der Waals surface area contributed by atoms with Crippen molar-refractivity contribution in [1.82, 2.24) is 0 Å². The van der Waals surface area contributed by atoms with Crippen molar-refractivity contribution in [2.24, 2.45) is 0 Å². The molecule has 1 aliphatic rings. The van der Waals surface area contributed by atoms with Gasteiger partial charge in [-0.25, -0.2) is 0 Å². The van der Waals surface area contributed by atoms with Gasteiger partial charge < -0.3 is 0 Å². The monoisotopic (exact) mass is 353 g/mol. The van der Waals surface area contributed by atoms with E-state index in [-0.39, 0.29) is 5.41 Å². The van der Waals surface area contributed by atoms with E-state index in [1.54, 1.807) is 5.20 Å².